The van der Waals surface area contributed by atoms with Crippen molar-refractivity contribution in [1.82, 2.24) is 10.2 Å². The smallest absolute Gasteiger partial charge is 0.435 e. The molecule has 0 bridgehead atoms. The second-order valence-corrected chi connectivity index (χ2v) is 9.72. The van der Waals surface area contributed by atoms with E-state index in [9.17, 15) is 26.6 Å². The first-order valence-electron chi connectivity index (χ1n) is 9.84. The number of aromatic nitrogens is 2. The number of benzene rings is 2. The van der Waals surface area contributed by atoms with Crippen LogP contribution in [0, 0.1) is 24.4 Å². The van der Waals surface area contributed by atoms with E-state index in [0.717, 1.165) is 13.0 Å². The van der Waals surface area contributed by atoms with Crippen molar-refractivity contribution in [1.29, 1.82) is 4.78 Å². The first kappa shape index (κ1) is 25.9. The van der Waals surface area contributed by atoms with Gasteiger partial charge in [-0.3, -0.25) is 4.79 Å². The summed E-state index contributed by atoms with van der Waals surface area (Å²) >= 11 is 0. The maximum Gasteiger partial charge on any atom is 0.435 e. The molecule has 3 aromatic rings. The molecular weight excluding hydrogens is 492 g/mol. The zero-order valence-electron chi connectivity index (χ0n) is 18.9. The average molecular weight is 512 g/mol. The van der Waals surface area contributed by atoms with Gasteiger partial charge in [-0.15, -0.1) is 10.2 Å². The maximum atomic E-state index is 14.6. The van der Waals surface area contributed by atoms with Crippen LogP contribution >= 0.6 is 0 Å². The molecule has 0 saturated heterocycles. The number of halogens is 4. The monoisotopic (exact) mass is 512 g/mol. The highest BCUT2D eigenvalue weighted by Gasteiger charge is 2.38. The quantitative estimate of drug-likeness (QED) is 0.431. The molecule has 0 spiro atoms. The zero-order chi connectivity index (χ0) is 26.1. The molecule has 2 aromatic carbocycles. The van der Waals surface area contributed by atoms with Gasteiger partial charge in [-0.2, -0.15) is 13.2 Å². The van der Waals surface area contributed by atoms with Crippen molar-refractivity contribution < 1.29 is 36.0 Å². The summed E-state index contributed by atoms with van der Waals surface area (Å²) in [4.78, 5) is 13.2. The first-order valence-corrected chi connectivity index (χ1v) is 11.8. The number of ether oxygens (including phenoxy) is 2. The predicted octanol–water partition coefficient (Wildman–Crippen LogP) is 5.34. The highest BCUT2D eigenvalue weighted by Crippen LogP contribution is 2.38. The van der Waals surface area contributed by atoms with E-state index in [1.807, 2.05) is 0 Å². The molecule has 1 heterocycles. The largest absolute Gasteiger partial charge is 0.493 e. The third-order valence-electron chi connectivity index (χ3n) is 4.79. The van der Waals surface area contributed by atoms with Gasteiger partial charge < -0.3 is 14.8 Å². The Kier molecular flexibility index (Phi) is 7.01. The molecule has 2 N–H and O–H groups in total. The second-order valence-electron chi connectivity index (χ2n) is 7.56. The molecule has 0 aliphatic rings. The van der Waals surface area contributed by atoms with E-state index in [0.29, 0.717) is 5.56 Å². The van der Waals surface area contributed by atoms with E-state index in [-0.39, 0.29) is 16.3 Å². The van der Waals surface area contributed by atoms with Gasteiger partial charge in [0.05, 0.1) is 16.8 Å². The summed E-state index contributed by atoms with van der Waals surface area (Å²) in [7, 11) is -1.89. The molecule has 0 aliphatic heterocycles. The van der Waals surface area contributed by atoms with Crippen molar-refractivity contribution in [2.45, 2.75) is 24.9 Å². The lowest BCUT2D eigenvalue weighted by Crippen LogP contribution is -2.21. The Balaban J connectivity index is 2.13. The minimum atomic E-state index is -4.93. The Morgan fingerprint density at radius 3 is 2.43 bits per heavy atom. The van der Waals surface area contributed by atoms with Gasteiger partial charge >= 0.3 is 6.18 Å². The Morgan fingerprint density at radius 1 is 1.14 bits per heavy atom. The van der Waals surface area contributed by atoms with Gasteiger partial charge in [0.2, 0.25) is 5.75 Å². The lowest BCUT2D eigenvalue weighted by atomic mass is 10.1. The number of aryl methyl sites for hydroxylation is 1. The lowest BCUT2D eigenvalue weighted by Gasteiger charge is -2.17. The predicted molar refractivity (Wildman–Crippen MR) is 119 cm³/mol. The number of methoxy groups -OCH3 is 1. The Labute approximate surface area is 198 Å². The van der Waals surface area contributed by atoms with Gasteiger partial charge in [-0.25, -0.2) is 13.4 Å². The fourth-order valence-corrected chi connectivity index (χ4v) is 3.85. The molecule has 1 unspecified atom stereocenters. The molecule has 3 rings (SSSR count). The van der Waals surface area contributed by atoms with Crippen LogP contribution in [0.5, 0.6) is 17.4 Å². The van der Waals surface area contributed by atoms with E-state index < -0.39 is 56.1 Å². The molecular formula is C22H20F4N4O4S. The van der Waals surface area contributed by atoms with Crippen LogP contribution in [0.2, 0.25) is 0 Å². The molecule has 1 amide bonds. The van der Waals surface area contributed by atoms with Crippen LogP contribution in [-0.4, -0.2) is 33.7 Å². The van der Waals surface area contributed by atoms with E-state index in [1.54, 1.807) is 6.92 Å². The van der Waals surface area contributed by atoms with Crippen molar-refractivity contribution in [2.24, 2.45) is 0 Å². The molecule has 35 heavy (non-hydrogen) atoms. The fourth-order valence-electron chi connectivity index (χ4n) is 3.16. The van der Waals surface area contributed by atoms with Gasteiger partial charge in [-0.05, 0) is 55.3 Å². The third-order valence-corrected chi connectivity index (χ3v) is 5.95. The Bertz CT molecular complexity index is 1410. The molecule has 1 atom stereocenters. The molecule has 0 aliphatic carbocycles. The van der Waals surface area contributed by atoms with Crippen molar-refractivity contribution in [3.63, 3.8) is 0 Å². The second kappa shape index (κ2) is 9.49. The van der Waals surface area contributed by atoms with Crippen LogP contribution < -0.4 is 14.8 Å². The number of alkyl halides is 3. The fraction of sp³-hybridized carbons (Fsp3) is 0.227. The van der Waals surface area contributed by atoms with Crippen molar-refractivity contribution in [2.75, 3.05) is 18.7 Å². The number of rotatable bonds is 6. The van der Waals surface area contributed by atoms with Crippen molar-refractivity contribution in [3.05, 3.63) is 64.6 Å². The lowest BCUT2D eigenvalue weighted by molar-refractivity contribution is -0.142. The number of nitrogens with one attached hydrogen (secondary N) is 2. The number of carbonyl (C=O) groups excluding carboxylic acids is 1. The highest BCUT2D eigenvalue weighted by atomic mass is 32.2. The van der Waals surface area contributed by atoms with Gasteiger partial charge in [0, 0.05) is 16.8 Å². The van der Waals surface area contributed by atoms with E-state index in [4.69, 9.17) is 14.3 Å². The summed E-state index contributed by atoms with van der Waals surface area (Å²) in [6.07, 6.45) is -3.76. The van der Waals surface area contributed by atoms with E-state index in [1.165, 1.54) is 43.7 Å². The van der Waals surface area contributed by atoms with Crippen molar-refractivity contribution >= 4 is 21.3 Å². The van der Waals surface area contributed by atoms with Crippen LogP contribution in [0.3, 0.4) is 0 Å². The first-order chi connectivity index (χ1) is 16.2. The molecule has 0 fully saturated rings. The number of hydrogen-bond donors (Lipinski definition) is 2. The normalized spacial score (nSPS) is 13.1. The Hall–Kier alpha value is -3.74. The number of carbonyl (C=O) groups is 1. The van der Waals surface area contributed by atoms with Crippen LogP contribution in [0.1, 0.15) is 27.2 Å². The highest BCUT2D eigenvalue weighted by molar-refractivity contribution is 7.91. The molecule has 0 radical (unpaired) electrons. The van der Waals surface area contributed by atoms with Gasteiger partial charge in [0.25, 0.3) is 11.8 Å². The van der Waals surface area contributed by atoms with Crippen LogP contribution in [-0.2, 0) is 15.9 Å². The molecule has 186 valence electrons. The average Bonchev–Trinajstić information content (AvgIpc) is 2.74. The summed E-state index contributed by atoms with van der Waals surface area (Å²) < 4.78 is 85.3. The molecule has 8 nitrogen and oxygen atoms in total. The van der Waals surface area contributed by atoms with Crippen LogP contribution in [0.25, 0.3) is 0 Å². The van der Waals surface area contributed by atoms with Gasteiger partial charge in [-0.1, -0.05) is 6.07 Å². The SMILES string of the molecule is COc1cc(C)cc(F)c1Oc1nnc(C(F)(F)F)c(C)c1C(=O)Nc1cccc(S(C)(=N)=O)c1. The topological polar surface area (TPSA) is 114 Å². The van der Waals surface area contributed by atoms with Crippen LogP contribution in [0.15, 0.2) is 41.3 Å². The van der Waals surface area contributed by atoms with Crippen molar-refractivity contribution in [3.8, 4) is 17.4 Å². The summed E-state index contributed by atoms with van der Waals surface area (Å²) in [6, 6.07) is 8.02. The van der Waals surface area contributed by atoms with Gasteiger partial charge in [0.1, 0.15) is 5.56 Å². The number of hydrogen-bond acceptors (Lipinski definition) is 7. The number of anilines is 1. The zero-order valence-corrected chi connectivity index (χ0v) is 19.7. The number of nitrogens with zero attached hydrogens (tertiary/aromatic N) is 2. The minimum absolute atomic E-state index is 0.0594. The third kappa shape index (κ3) is 5.67. The maximum absolute atomic E-state index is 14.6. The molecule has 0 saturated carbocycles. The molecule has 13 heteroatoms. The van der Waals surface area contributed by atoms with E-state index in [2.05, 4.69) is 15.5 Å². The summed E-state index contributed by atoms with van der Waals surface area (Å²) in [5, 5.41) is 8.93. The standard InChI is InChI=1S/C22H20F4N4O4S/c1-11-8-15(23)18(16(9-11)33-3)34-21-17(12(2)19(29-30-21)22(24,25)26)20(31)28-13-6-5-7-14(10-13)35(4,27)32/h5-10,27H,1-4H3,(H,28,31). The summed E-state index contributed by atoms with van der Waals surface area (Å²) in [5.41, 5.74) is -2.14. The van der Waals surface area contributed by atoms with Gasteiger partial charge in [0.15, 0.2) is 17.3 Å². The molecule has 1 aromatic heterocycles. The van der Waals surface area contributed by atoms with Crippen LogP contribution in [0.4, 0.5) is 23.2 Å². The summed E-state index contributed by atoms with van der Waals surface area (Å²) in [6.45, 7) is 2.59. The van der Waals surface area contributed by atoms with E-state index >= 15 is 0 Å². The summed E-state index contributed by atoms with van der Waals surface area (Å²) in [5.74, 6) is -3.23. The Morgan fingerprint density at radius 2 is 1.83 bits per heavy atom. The minimum Gasteiger partial charge on any atom is -0.493 e. The number of amides is 1.